The number of methoxy groups -OCH3 is 1. The van der Waals surface area contributed by atoms with E-state index in [9.17, 15) is 19.7 Å². The maximum Gasteiger partial charge on any atom is 0.306 e. The van der Waals surface area contributed by atoms with Crippen LogP contribution in [0.2, 0.25) is 0 Å². The number of anilines is 1. The summed E-state index contributed by atoms with van der Waals surface area (Å²) in [6.45, 7) is 0.297. The van der Waals surface area contributed by atoms with Gasteiger partial charge in [-0.15, -0.1) is 0 Å². The Labute approximate surface area is 162 Å². The topological polar surface area (TPSA) is 108 Å². The van der Waals surface area contributed by atoms with Crippen LogP contribution in [-0.2, 0) is 20.7 Å². The zero-order chi connectivity index (χ0) is 20.4. The molecule has 2 rings (SSSR count). The third kappa shape index (κ3) is 6.71. The number of aryl methyl sites for hydroxylation is 1. The second-order valence-corrected chi connectivity index (χ2v) is 6.00. The maximum absolute atomic E-state index is 12.0. The van der Waals surface area contributed by atoms with Crippen molar-refractivity contribution in [2.24, 2.45) is 0 Å². The number of amides is 1. The van der Waals surface area contributed by atoms with E-state index in [1.165, 1.54) is 30.9 Å². The van der Waals surface area contributed by atoms with E-state index in [1.54, 1.807) is 0 Å². The molecule has 0 aliphatic carbocycles. The number of nitro groups is 1. The fourth-order valence-electron chi connectivity index (χ4n) is 2.50. The van der Waals surface area contributed by atoms with Crippen LogP contribution in [0.5, 0.6) is 5.75 Å². The smallest absolute Gasteiger partial charge is 0.306 e. The number of hydrogen-bond donors (Lipinski definition) is 1. The number of nitrogens with one attached hydrogen (secondary N) is 1. The Morgan fingerprint density at radius 1 is 1.11 bits per heavy atom. The van der Waals surface area contributed by atoms with Crippen LogP contribution < -0.4 is 10.1 Å². The first-order valence-corrected chi connectivity index (χ1v) is 8.81. The molecule has 0 heterocycles. The number of nitro benzene ring substituents is 1. The van der Waals surface area contributed by atoms with E-state index in [1.807, 2.05) is 30.3 Å². The molecule has 8 nitrogen and oxygen atoms in total. The Morgan fingerprint density at radius 3 is 2.54 bits per heavy atom. The Kier molecular flexibility index (Phi) is 7.95. The van der Waals surface area contributed by atoms with Crippen LogP contribution >= 0.6 is 0 Å². The average Bonchev–Trinajstić information content (AvgIpc) is 2.70. The van der Waals surface area contributed by atoms with E-state index >= 15 is 0 Å². The summed E-state index contributed by atoms with van der Waals surface area (Å²) in [6, 6.07) is 13.8. The standard InChI is InChI=1S/C20H22N2O6/c1-27-18-14-16(22(25)26)9-10-17(18)21-19(23)11-12-20(24)28-13-5-8-15-6-3-2-4-7-15/h2-4,6-7,9-10,14H,5,8,11-13H2,1H3,(H,21,23). The molecule has 1 N–H and O–H groups in total. The summed E-state index contributed by atoms with van der Waals surface area (Å²) in [7, 11) is 1.35. The normalized spacial score (nSPS) is 10.2. The quantitative estimate of drug-likeness (QED) is 0.290. The number of benzene rings is 2. The van der Waals surface area contributed by atoms with Crippen LogP contribution in [0.3, 0.4) is 0 Å². The van der Waals surface area contributed by atoms with E-state index in [2.05, 4.69) is 5.32 Å². The summed E-state index contributed by atoms with van der Waals surface area (Å²) in [5.74, 6) is -0.682. The Balaban J connectivity index is 1.71. The van der Waals surface area contributed by atoms with E-state index in [4.69, 9.17) is 9.47 Å². The minimum atomic E-state index is -0.554. The molecule has 0 unspecified atom stereocenters. The lowest BCUT2D eigenvalue weighted by Gasteiger charge is -2.10. The van der Waals surface area contributed by atoms with Gasteiger partial charge in [0.1, 0.15) is 5.75 Å². The van der Waals surface area contributed by atoms with E-state index in [-0.39, 0.29) is 24.3 Å². The number of carbonyl (C=O) groups excluding carboxylic acids is 2. The molecule has 0 spiro atoms. The van der Waals surface area contributed by atoms with Crippen molar-refractivity contribution in [3.8, 4) is 5.75 Å². The van der Waals surface area contributed by atoms with E-state index in [0.29, 0.717) is 18.7 Å². The molecule has 2 aromatic carbocycles. The van der Waals surface area contributed by atoms with Crippen LogP contribution in [0.1, 0.15) is 24.8 Å². The van der Waals surface area contributed by atoms with Crippen LogP contribution in [0, 0.1) is 10.1 Å². The van der Waals surface area contributed by atoms with Gasteiger partial charge in [0, 0.05) is 12.5 Å². The highest BCUT2D eigenvalue weighted by atomic mass is 16.6. The van der Waals surface area contributed by atoms with Gasteiger partial charge in [0.05, 0.1) is 36.8 Å². The molecule has 0 bridgehead atoms. The maximum atomic E-state index is 12.0. The molecule has 0 radical (unpaired) electrons. The minimum absolute atomic E-state index is 0.0491. The van der Waals surface area contributed by atoms with Crippen molar-refractivity contribution in [3.05, 3.63) is 64.2 Å². The second kappa shape index (κ2) is 10.7. The number of non-ortho nitro benzene ring substituents is 1. The first-order valence-electron chi connectivity index (χ1n) is 8.81. The van der Waals surface area contributed by atoms with Crippen LogP contribution in [0.4, 0.5) is 11.4 Å². The fraction of sp³-hybridized carbons (Fsp3) is 0.300. The van der Waals surface area contributed by atoms with Crippen molar-refractivity contribution in [2.45, 2.75) is 25.7 Å². The summed E-state index contributed by atoms with van der Waals surface area (Å²) in [5, 5.41) is 13.4. The Bertz CT molecular complexity index is 823. The van der Waals surface area contributed by atoms with Crippen LogP contribution in [0.25, 0.3) is 0 Å². The largest absolute Gasteiger partial charge is 0.494 e. The number of rotatable bonds is 10. The van der Waals surface area contributed by atoms with Gasteiger partial charge in [-0.1, -0.05) is 30.3 Å². The highest BCUT2D eigenvalue weighted by Gasteiger charge is 2.14. The number of nitrogens with zero attached hydrogens (tertiary/aromatic N) is 1. The third-order valence-electron chi connectivity index (χ3n) is 3.94. The zero-order valence-corrected chi connectivity index (χ0v) is 15.6. The molecule has 148 valence electrons. The zero-order valence-electron chi connectivity index (χ0n) is 15.6. The van der Waals surface area contributed by atoms with Gasteiger partial charge in [0.2, 0.25) is 5.91 Å². The van der Waals surface area contributed by atoms with Crippen molar-refractivity contribution < 1.29 is 24.0 Å². The molecule has 8 heteroatoms. The number of carbonyl (C=O) groups is 2. The van der Waals surface area contributed by atoms with E-state index < -0.39 is 16.8 Å². The first kappa shape index (κ1) is 20.9. The summed E-state index contributed by atoms with van der Waals surface area (Å²) in [5.41, 5.74) is 1.33. The number of ether oxygens (including phenoxy) is 2. The second-order valence-electron chi connectivity index (χ2n) is 6.00. The van der Waals surface area contributed by atoms with Gasteiger partial charge in [-0.25, -0.2) is 0 Å². The molecule has 0 fully saturated rings. The minimum Gasteiger partial charge on any atom is -0.494 e. The molecular formula is C20H22N2O6. The lowest BCUT2D eigenvalue weighted by molar-refractivity contribution is -0.384. The Hall–Kier alpha value is -3.42. The van der Waals surface area contributed by atoms with Crippen molar-refractivity contribution in [1.29, 1.82) is 0 Å². The highest BCUT2D eigenvalue weighted by Crippen LogP contribution is 2.29. The lowest BCUT2D eigenvalue weighted by atomic mass is 10.1. The molecule has 0 saturated heterocycles. The molecule has 0 atom stereocenters. The molecule has 0 aliphatic heterocycles. The van der Waals surface area contributed by atoms with Crippen molar-refractivity contribution in [3.63, 3.8) is 0 Å². The fourth-order valence-corrected chi connectivity index (χ4v) is 2.50. The third-order valence-corrected chi connectivity index (χ3v) is 3.94. The van der Waals surface area contributed by atoms with Crippen molar-refractivity contribution in [1.82, 2.24) is 0 Å². The number of hydrogen-bond acceptors (Lipinski definition) is 6. The summed E-state index contributed by atoms with van der Waals surface area (Å²) >= 11 is 0. The van der Waals surface area contributed by atoms with Crippen LogP contribution in [-0.4, -0.2) is 30.5 Å². The van der Waals surface area contributed by atoms with Gasteiger partial charge < -0.3 is 14.8 Å². The van der Waals surface area contributed by atoms with Crippen molar-refractivity contribution in [2.75, 3.05) is 19.0 Å². The molecule has 0 saturated carbocycles. The number of esters is 1. The van der Waals surface area contributed by atoms with Gasteiger partial charge in [-0.2, -0.15) is 0 Å². The summed E-state index contributed by atoms with van der Waals surface area (Å²) in [6.07, 6.45) is 1.42. The van der Waals surface area contributed by atoms with Gasteiger partial charge in [-0.3, -0.25) is 19.7 Å². The van der Waals surface area contributed by atoms with Crippen LogP contribution in [0.15, 0.2) is 48.5 Å². The Morgan fingerprint density at radius 2 is 1.86 bits per heavy atom. The van der Waals surface area contributed by atoms with E-state index in [0.717, 1.165) is 6.42 Å². The SMILES string of the molecule is COc1cc([N+](=O)[O-])ccc1NC(=O)CCC(=O)OCCCc1ccccc1. The summed E-state index contributed by atoms with van der Waals surface area (Å²) < 4.78 is 10.2. The molecule has 1 amide bonds. The van der Waals surface area contributed by atoms with Gasteiger partial charge >= 0.3 is 5.97 Å². The molecule has 2 aromatic rings. The predicted octanol–water partition coefficient (Wildman–Crippen LogP) is 3.50. The predicted molar refractivity (Wildman–Crippen MR) is 103 cm³/mol. The summed E-state index contributed by atoms with van der Waals surface area (Å²) in [4.78, 5) is 34.0. The monoisotopic (exact) mass is 386 g/mol. The molecule has 0 aromatic heterocycles. The highest BCUT2D eigenvalue weighted by molar-refractivity contribution is 5.94. The van der Waals surface area contributed by atoms with Gasteiger partial charge in [0.15, 0.2) is 0 Å². The average molecular weight is 386 g/mol. The van der Waals surface area contributed by atoms with Gasteiger partial charge in [0.25, 0.3) is 5.69 Å². The lowest BCUT2D eigenvalue weighted by Crippen LogP contribution is -2.15. The van der Waals surface area contributed by atoms with Gasteiger partial charge in [-0.05, 0) is 24.5 Å². The molecular weight excluding hydrogens is 364 g/mol. The molecule has 28 heavy (non-hydrogen) atoms. The first-order chi connectivity index (χ1) is 13.5. The van der Waals surface area contributed by atoms with Crippen molar-refractivity contribution >= 4 is 23.3 Å². The molecule has 0 aliphatic rings.